The van der Waals surface area contributed by atoms with Crippen LogP contribution in [0.15, 0.2) is 12.3 Å². The molecule has 0 bridgehead atoms. The number of alkyl carbamates (subject to hydrolysis) is 1. The van der Waals surface area contributed by atoms with Crippen LogP contribution in [0.2, 0.25) is 0 Å². The van der Waals surface area contributed by atoms with Gasteiger partial charge in [0.1, 0.15) is 0 Å². The van der Waals surface area contributed by atoms with E-state index in [-0.39, 0.29) is 5.92 Å². The zero-order chi connectivity index (χ0) is 8.15. The summed E-state index contributed by atoms with van der Waals surface area (Å²) < 4.78 is 4.36. The Balaban J connectivity index is 3.69. The average molecular weight is 143 g/mol. The van der Waals surface area contributed by atoms with Crippen LogP contribution in [-0.2, 0) is 4.74 Å². The van der Waals surface area contributed by atoms with E-state index in [4.69, 9.17) is 0 Å². The molecule has 0 spiro atoms. The fraction of sp³-hybridized carbons (Fsp3) is 0.571. The third-order valence-electron chi connectivity index (χ3n) is 1.14. The van der Waals surface area contributed by atoms with E-state index in [2.05, 4.69) is 16.6 Å². The molecule has 0 aromatic heterocycles. The van der Waals surface area contributed by atoms with Gasteiger partial charge in [-0.05, 0) is 5.92 Å². The second-order valence-corrected chi connectivity index (χ2v) is 2.30. The molecule has 1 N–H and O–H groups in total. The molecule has 0 radical (unpaired) electrons. The zero-order valence-electron chi connectivity index (χ0n) is 6.60. The minimum atomic E-state index is -0.460. The highest BCUT2D eigenvalue weighted by Gasteiger charge is 2.03. The lowest BCUT2D eigenvalue weighted by atomic mass is 10.2. The van der Waals surface area contributed by atoms with Crippen LogP contribution in [0.1, 0.15) is 13.8 Å². The van der Waals surface area contributed by atoms with Crippen LogP contribution in [0.3, 0.4) is 0 Å². The van der Waals surface area contributed by atoms with Crippen LogP contribution in [0.4, 0.5) is 4.79 Å². The van der Waals surface area contributed by atoms with E-state index in [0.717, 1.165) is 0 Å². The minimum absolute atomic E-state index is 0.249. The van der Waals surface area contributed by atoms with Gasteiger partial charge in [-0.2, -0.15) is 0 Å². The zero-order valence-corrected chi connectivity index (χ0v) is 6.60. The minimum Gasteiger partial charge on any atom is -0.453 e. The molecular weight excluding hydrogens is 130 g/mol. The van der Waals surface area contributed by atoms with Crippen molar-refractivity contribution < 1.29 is 9.53 Å². The number of carbonyl (C=O) groups excluding carboxylic acids is 1. The van der Waals surface area contributed by atoms with Crippen LogP contribution in [0, 0.1) is 5.92 Å². The van der Waals surface area contributed by atoms with Gasteiger partial charge in [-0.15, -0.1) is 0 Å². The van der Waals surface area contributed by atoms with Crippen molar-refractivity contribution in [3.05, 3.63) is 12.3 Å². The van der Waals surface area contributed by atoms with Crippen molar-refractivity contribution in [3.8, 4) is 0 Å². The fourth-order valence-electron chi connectivity index (χ4n) is 0.326. The molecular formula is C7H13NO2. The predicted molar refractivity (Wildman–Crippen MR) is 39.5 cm³/mol. The highest BCUT2D eigenvalue weighted by molar-refractivity contribution is 5.69. The summed E-state index contributed by atoms with van der Waals surface area (Å²) in [6.45, 7) is 7.52. The van der Waals surface area contributed by atoms with E-state index in [1.165, 1.54) is 7.11 Å². The fourth-order valence-corrected chi connectivity index (χ4v) is 0.326. The molecule has 3 heteroatoms. The second kappa shape index (κ2) is 3.93. The summed E-state index contributed by atoms with van der Waals surface area (Å²) >= 11 is 0. The summed E-state index contributed by atoms with van der Waals surface area (Å²) in [7, 11) is 1.32. The molecule has 0 aromatic carbocycles. The molecule has 0 aromatic rings. The van der Waals surface area contributed by atoms with Gasteiger partial charge in [-0.25, -0.2) is 4.79 Å². The first-order valence-electron chi connectivity index (χ1n) is 3.11. The number of nitrogens with one attached hydrogen (secondary N) is 1. The summed E-state index contributed by atoms with van der Waals surface area (Å²) in [4.78, 5) is 10.5. The average Bonchev–Trinajstić information content (AvgIpc) is 1.87. The van der Waals surface area contributed by atoms with Gasteiger partial charge < -0.3 is 4.74 Å². The normalized spacial score (nSPS) is 9.20. The highest BCUT2D eigenvalue weighted by Crippen LogP contribution is 2.01. The first kappa shape index (κ1) is 9.01. The molecule has 58 valence electrons. The van der Waals surface area contributed by atoms with Gasteiger partial charge in [0.05, 0.1) is 7.11 Å². The Bertz CT molecular complexity index is 141. The Hall–Kier alpha value is -0.990. The summed E-state index contributed by atoms with van der Waals surface area (Å²) in [5, 5.41) is 2.47. The Labute approximate surface area is 61.1 Å². The largest absolute Gasteiger partial charge is 0.453 e. The molecule has 0 fully saturated rings. The van der Waals surface area contributed by atoms with Gasteiger partial charge in [-0.1, -0.05) is 20.4 Å². The third kappa shape index (κ3) is 3.12. The molecule has 0 aliphatic carbocycles. The Morgan fingerprint density at radius 2 is 2.10 bits per heavy atom. The predicted octanol–water partition coefficient (Wildman–Crippen LogP) is 1.51. The highest BCUT2D eigenvalue weighted by atomic mass is 16.5. The number of rotatable bonds is 2. The monoisotopic (exact) mass is 143 g/mol. The number of allylic oxidation sites excluding steroid dienone is 1. The van der Waals surface area contributed by atoms with Crippen molar-refractivity contribution in [1.29, 1.82) is 0 Å². The van der Waals surface area contributed by atoms with Gasteiger partial charge in [0.15, 0.2) is 0 Å². The van der Waals surface area contributed by atoms with E-state index in [0.29, 0.717) is 5.70 Å². The van der Waals surface area contributed by atoms with E-state index in [1.54, 1.807) is 0 Å². The quantitative estimate of drug-likeness (QED) is 0.636. The summed E-state index contributed by atoms with van der Waals surface area (Å²) in [5.41, 5.74) is 0.673. The standard InChI is InChI=1S/C7H13NO2/c1-5(2)6(3)8-7(9)10-4/h5H,3H2,1-2,4H3,(H,8,9). The van der Waals surface area contributed by atoms with Crippen molar-refractivity contribution in [1.82, 2.24) is 5.32 Å². The molecule has 0 rings (SSSR count). The lowest BCUT2D eigenvalue weighted by molar-refractivity contribution is 0.173. The molecule has 0 unspecified atom stereocenters. The van der Waals surface area contributed by atoms with E-state index in [9.17, 15) is 4.79 Å². The van der Waals surface area contributed by atoms with Gasteiger partial charge in [-0.3, -0.25) is 5.32 Å². The van der Waals surface area contributed by atoms with Crippen molar-refractivity contribution in [2.75, 3.05) is 7.11 Å². The molecule has 0 aliphatic rings. The Morgan fingerprint density at radius 3 is 2.40 bits per heavy atom. The molecule has 0 saturated carbocycles. The van der Waals surface area contributed by atoms with Gasteiger partial charge >= 0.3 is 6.09 Å². The SMILES string of the molecule is C=C(NC(=O)OC)C(C)C. The maximum Gasteiger partial charge on any atom is 0.411 e. The van der Waals surface area contributed by atoms with Crippen LogP contribution >= 0.6 is 0 Å². The van der Waals surface area contributed by atoms with Crippen LogP contribution in [0.25, 0.3) is 0 Å². The maximum absolute atomic E-state index is 10.5. The van der Waals surface area contributed by atoms with E-state index >= 15 is 0 Å². The summed E-state index contributed by atoms with van der Waals surface area (Å²) in [6, 6.07) is 0. The number of carbonyl (C=O) groups is 1. The van der Waals surface area contributed by atoms with Crippen molar-refractivity contribution in [3.63, 3.8) is 0 Å². The molecule has 0 aliphatic heterocycles. The first-order valence-corrected chi connectivity index (χ1v) is 3.11. The van der Waals surface area contributed by atoms with Crippen LogP contribution in [-0.4, -0.2) is 13.2 Å². The van der Waals surface area contributed by atoms with Crippen LogP contribution in [0.5, 0.6) is 0 Å². The third-order valence-corrected chi connectivity index (χ3v) is 1.14. The molecule has 0 heterocycles. The van der Waals surface area contributed by atoms with Gasteiger partial charge in [0.25, 0.3) is 0 Å². The number of amides is 1. The van der Waals surface area contributed by atoms with E-state index < -0.39 is 6.09 Å². The van der Waals surface area contributed by atoms with Gasteiger partial charge in [0.2, 0.25) is 0 Å². The lowest BCUT2D eigenvalue weighted by Crippen LogP contribution is -2.24. The number of hydrogen-bond donors (Lipinski definition) is 1. The summed E-state index contributed by atoms with van der Waals surface area (Å²) in [5.74, 6) is 0.249. The van der Waals surface area contributed by atoms with Crippen molar-refractivity contribution in [2.45, 2.75) is 13.8 Å². The number of ether oxygens (including phenoxy) is 1. The summed E-state index contributed by atoms with van der Waals surface area (Å²) in [6.07, 6.45) is -0.460. The van der Waals surface area contributed by atoms with Crippen molar-refractivity contribution in [2.24, 2.45) is 5.92 Å². The van der Waals surface area contributed by atoms with E-state index in [1.807, 2.05) is 13.8 Å². The Morgan fingerprint density at radius 1 is 1.60 bits per heavy atom. The lowest BCUT2D eigenvalue weighted by Gasteiger charge is -2.09. The molecule has 3 nitrogen and oxygen atoms in total. The molecule has 0 saturated heterocycles. The maximum atomic E-state index is 10.5. The molecule has 1 amide bonds. The number of hydrogen-bond acceptors (Lipinski definition) is 2. The van der Waals surface area contributed by atoms with Gasteiger partial charge in [0, 0.05) is 5.70 Å². The van der Waals surface area contributed by atoms with Crippen molar-refractivity contribution >= 4 is 6.09 Å². The molecule has 10 heavy (non-hydrogen) atoms. The topological polar surface area (TPSA) is 38.3 Å². The smallest absolute Gasteiger partial charge is 0.411 e. The van der Waals surface area contributed by atoms with Crippen LogP contribution < -0.4 is 5.32 Å². The first-order chi connectivity index (χ1) is 4.57. The Kier molecular flexibility index (Phi) is 3.54. The second-order valence-electron chi connectivity index (χ2n) is 2.30. The molecule has 0 atom stereocenters. The number of methoxy groups -OCH3 is 1.